The summed E-state index contributed by atoms with van der Waals surface area (Å²) in [5.41, 5.74) is 0. The summed E-state index contributed by atoms with van der Waals surface area (Å²) in [6.45, 7) is 9.65. The molecule has 0 aliphatic rings. The van der Waals surface area contributed by atoms with Crippen molar-refractivity contribution in [1.29, 1.82) is 0 Å². The summed E-state index contributed by atoms with van der Waals surface area (Å²) < 4.78 is 68.7. The Morgan fingerprint density at radius 3 is 0.752 bits per heavy atom. The molecule has 0 saturated carbocycles. The van der Waals surface area contributed by atoms with E-state index in [4.69, 9.17) is 37.0 Å². The second-order valence-corrected chi connectivity index (χ2v) is 33.1. The molecule has 19 heteroatoms. The van der Waals surface area contributed by atoms with Crippen molar-refractivity contribution in [2.24, 2.45) is 11.8 Å². The van der Waals surface area contributed by atoms with E-state index in [1.54, 1.807) is 0 Å². The standard InChI is InChI=1S/C82H160O17P2/c1-7-10-12-14-16-18-20-22-24-25-26-27-28-34-38-42-48-55-61-67-81(86)98-77(70-92-79(84)64-58-52-46-40-36-33-30-29-31-35-39-45-51-57-63-75(6)9-3)72-96-100(88,89)94-68-76(83)69-95-101(90,91)97-73-78(71-93-80(85)65-59-53-49-43-44-50-56-62-74(4)5)99-82(87)66-60-54-47-41-37-32-23-21-19-17-15-13-11-8-2/h74-78,83H,7-73H2,1-6H3,(H,88,89)(H,90,91)/t75?,76-,77-,78-/m1/s1. The van der Waals surface area contributed by atoms with Crippen molar-refractivity contribution >= 4 is 39.5 Å². The maximum Gasteiger partial charge on any atom is 0.472 e. The number of hydrogen-bond donors (Lipinski definition) is 3. The zero-order valence-electron chi connectivity index (χ0n) is 66.2. The molecule has 101 heavy (non-hydrogen) atoms. The Morgan fingerprint density at radius 2 is 0.505 bits per heavy atom. The SMILES string of the molecule is CCCCCCCCCCCCCCCCCCCCCC(=O)O[C@H](COC(=O)CCCCCCCCCCCCCCCCC(C)CC)COP(=O)(O)OC[C@@H](O)COP(=O)(O)OC[C@@H](COC(=O)CCCCCCCCCC(C)C)OC(=O)CCCCCCCCCCCCCCCC. The van der Waals surface area contributed by atoms with Crippen LogP contribution in [0.3, 0.4) is 0 Å². The summed E-state index contributed by atoms with van der Waals surface area (Å²) in [5.74, 6) is -0.552. The zero-order chi connectivity index (χ0) is 74.2. The van der Waals surface area contributed by atoms with Crippen LogP contribution >= 0.6 is 15.6 Å². The van der Waals surface area contributed by atoms with E-state index < -0.39 is 97.5 Å². The lowest BCUT2D eigenvalue weighted by Gasteiger charge is -2.21. The van der Waals surface area contributed by atoms with Gasteiger partial charge >= 0.3 is 39.5 Å². The van der Waals surface area contributed by atoms with Crippen LogP contribution in [0.5, 0.6) is 0 Å². The highest BCUT2D eigenvalue weighted by molar-refractivity contribution is 7.47. The first-order chi connectivity index (χ1) is 48.9. The summed E-state index contributed by atoms with van der Waals surface area (Å²) in [6.07, 6.45) is 63.8. The van der Waals surface area contributed by atoms with Crippen LogP contribution in [0.25, 0.3) is 0 Å². The molecule has 0 aliphatic heterocycles. The van der Waals surface area contributed by atoms with Crippen LogP contribution in [0, 0.1) is 11.8 Å². The smallest absolute Gasteiger partial charge is 0.462 e. The van der Waals surface area contributed by atoms with Gasteiger partial charge in [-0.25, -0.2) is 9.13 Å². The van der Waals surface area contributed by atoms with Crippen LogP contribution in [-0.4, -0.2) is 96.7 Å². The number of aliphatic hydroxyl groups is 1. The summed E-state index contributed by atoms with van der Waals surface area (Å²) in [4.78, 5) is 73.1. The summed E-state index contributed by atoms with van der Waals surface area (Å²) in [5, 5.41) is 10.6. The van der Waals surface area contributed by atoms with Gasteiger partial charge in [-0.3, -0.25) is 37.3 Å². The van der Waals surface area contributed by atoms with Gasteiger partial charge in [-0.2, -0.15) is 0 Å². The first-order valence-corrected chi connectivity index (χ1v) is 45.5. The maximum atomic E-state index is 13.1. The van der Waals surface area contributed by atoms with Crippen molar-refractivity contribution < 1.29 is 80.2 Å². The van der Waals surface area contributed by atoms with E-state index in [0.29, 0.717) is 31.6 Å². The number of carbonyl (C=O) groups is 4. The average Bonchev–Trinajstić information content (AvgIpc) is 0.959. The largest absolute Gasteiger partial charge is 0.472 e. The van der Waals surface area contributed by atoms with Gasteiger partial charge in [0.2, 0.25) is 0 Å². The molecule has 0 radical (unpaired) electrons. The van der Waals surface area contributed by atoms with Gasteiger partial charge in [-0.1, -0.05) is 382 Å². The van der Waals surface area contributed by atoms with Crippen LogP contribution < -0.4 is 0 Å². The Balaban J connectivity index is 5.24. The molecule has 0 fully saturated rings. The number of carbonyl (C=O) groups excluding carboxylic acids is 4. The van der Waals surface area contributed by atoms with Crippen LogP contribution in [0.2, 0.25) is 0 Å². The molecule has 0 rings (SSSR count). The molecule has 0 saturated heterocycles. The minimum absolute atomic E-state index is 0.107. The Kier molecular flexibility index (Phi) is 72.2. The first-order valence-electron chi connectivity index (χ1n) is 42.5. The molecule has 0 aromatic carbocycles. The van der Waals surface area contributed by atoms with Crippen molar-refractivity contribution in [3.63, 3.8) is 0 Å². The van der Waals surface area contributed by atoms with E-state index in [9.17, 15) is 43.2 Å². The van der Waals surface area contributed by atoms with Gasteiger partial charge in [-0.15, -0.1) is 0 Å². The van der Waals surface area contributed by atoms with Gasteiger partial charge < -0.3 is 33.8 Å². The van der Waals surface area contributed by atoms with E-state index in [2.05, 4.69) is 41.5 Å². The minimum Gasteiger partial charge on any atom is -0.462 e. The van der Waals surface area contributed by atoms with Crippen LogP contribution in [0.1, 0.15) is 433 Å². The van der Waals surface area contributed by atoms with Crippen molar-refractivity contribution in [3.05, 3.63) is 0 Å². The van der Waals surface area contributed by atoms with Crippen molar-refractivity contribution in [2.75, 3.05) is 39.6 Å². The van der Waals surface area contributed by atoms with Gasteiger partial charge in [0.1, 0.15) is 19.3 Å². The highest BCUT2D eigenvalue weighted by Gasteiger charge is 2.30. The molecule has 0 aromatic rings. The molecule has 6 atom stereocenters. The fourth-order valence-corrected chi connectivity index (χ4v) is 14.3. The third kappa shape index (κ3) is 74.7. The van der Waals surface area contributed by atoms with Crippen LogP contribution in [0.15, 0.2) is 0 Å². The van der Waals surface area contributed by atoms with E-state index in [0.717, 1.165) is 102 Å². The molecule has 0 bridgehead atoms. The predicted octanol–water partition coefficient (Wildman–Crippen LogP) is 24.7. The second-order valence-electron chi connectivity index (χ2n) is 30.2. The third-order valence-corrected chi connectivity index (χ3v) is 21.5. The lowest BCUT2D eigenvalue weighted by molar-refractivity contribution is -0.161. The van der Waals surface area contributed by atoms with E-state index in [1.807, 2.05) is 0 Å². The van der Waals surface area contributed by atoms with E-state index in [1.165, 1.54) is 244 Å². The lowest BCUT2D eigenvalue weighted by Crippen LogP contribution is -2.30. The van der Waals surface area contributed by atoms with Gasteiger partial charge in [0, 0.05) is 25.7 Å². The highest BCUT2D eigenvalue weighted by atomic mass is 31.2. The number of aliphatic hydroxyl groups excluding tert-OH is 1. The highest BCUT2D eigenvalue weighted by Crippen LogP contribution is 2.45. The molecule has 17 nitrogen and oxygen atoms in total. The normalized spacial score (nSPS) is 14.2. The van der Waals surface area contributed by atoms with Crippen molar-refractivity contribution in [2.45, 2.75) is 452 Å². The summed E-state index contributed by atoms with van der Waals surface area (Å²) in [6, 6.07) is 0. The molecular weight excluding hydrogens is 1320 g/mol. The maximum absolute atomic E-state index is 13.1. The van der Waals surface area contributed by atoms with E-state index >= 15 is 0 Å². The average molecular weight is 1480 g/mol. The first kappa shape index (κ1) is 99.1. The number of ether oxygens (including phenoxy) is 4. The van der Waals surface area contributed by atoms with Gasteiger partial charge in [0.15, 0.2) is 12.2 Å². The predicted molar refractivity (Wildman–Crippen MR) is 414 cm³/mol. The third-order valence-electron chi connectivity index (χ3n) is 19.6. The molecular formula is C82H160O17P2. The molecule has 0 heterocycles. The van der Waals surface area contributed by atoms with Crippen LogP contribution in [0.4, 0.5) is 0 Å². The lowest BCUT2D eigenvalue weighted by atomic mass is 9.99. The Labute approximate surface area is 619 Å². The fourth-order valence-electron chi connectivity index (χ4n) is 12.7. The Bertz CT molecular complexity index is 1940. The quantitative estimate of drug-likeness (QED) is 0.0222. The van der Waals surface area contributed by atoms with Gasteiger partial charge in [-0.05, 0) is 37.5 Å². The van der Waals surface area contributed by atoms with Gasteiger partial charge in [0.05, 0.1) is 26.4 Å². The van der Waals surface area contributed by atoms with Gasteiger partial charge in [0.25, 0.3) is 0 Å². The fraction of sp³-hybridized carbons (Fsp3) is 0.951. The molecule has 0 aliphatic carbocycles. The second kappa shape index (κ2) is 73.6. The zero-order valence-corrected chi connectivity index (χ0v) is 68.0. The molecule has 0 spiro atoms. The molecule has 3 unspecified atom stereocenters. The van der Waals surface area contributed by atoms with E-state index in [-0.39, 0.29) is 25.7 Å². The monoisotopic (exact) mass is 1480 g/mol. The number of unbranched alkanes of at least 4 members (excludes halogenated alkanes) is 50. The van der Waals surface area contributed by atoms with Crippen molar-refractivity contribution in [1.82, 2.24) is 0 Å². The minimum atomic E-state index is -4.96. The molecule has 0 aromatic heterocycles. The summed E-state index contributed by atoms with van der Waals surface area (Å²) in [7, 11) is -9.92. The Hall–Kier alpha value is -1.94. The number of phosphoric ester groups is 2. The number of rotatable bonds is 81. The number of hydrogen-bond acceptors (Lipinski definition) is 15. The molecule has 0 amide bonds. The molecule has 3 N–H and O–H groups in total. The van der Waals surface area contributed by atoms with Crippen LogP contribution in [-0.2, 0) is 65.4 Å². The summed E-state index contributed by atoms with van der Waals surface area (Å²) >= 11 is 0. The molecule has 600 valence electrons. The number of phosphoric acid groups is 2. The Morgan fingerprint density at radius 1 is 0.287 bits per heavy atom. The topological polar surface area (TPSA) is 237 Å². The number of esters is 4. The van der Waals surface area contributed by atoms with Crippen molar-refractivity contribution in [3.8, 4) is 0 Å².